The molecule has 0 aromatic heterocycles. The summed E-state index contributed by atoms with van der Waals surface area (Å²) in [5, 5.41) is 0. The first kappa shape index (κ1) is 12.2. The molecule has 0 aliphatic carbocycles. The third-order valence-corrected chi connectivity index (χ3v) is 1.81. The Morgan fingerprint density at radius 2 is 1.62 bits per heavy atom. The third kappa shape index (κ3) is 11.1. The van der Waals surface area contributed by atoms with E-state index in [-0.39, 0.29) is 0 Å². The van der Waals surface area contributed by atoms with Crippen molar-refractivity contribution in [2.45, 2.75) is 45.4 Å². The first-order valence-corrected chi connectivity index (χ1v) is 5.17. The van der Waals surface area contributed by atoms with Crippen LogP contribution in [0.4, 0.5) is 0 Å². The van der Waals surface area contributed by atoms with Crippen LogP contribution in [-0.2, 0) is 4.79 Å². The minimum Gasteiger partial charge on any atom is -0.303 e. The molecule has 0 rings (SSSR count). The summed E-state index contributed by atoms with van der Waals surface area (Å²) in [5.41, 5.74) is 0. The summed E-state index contributed by atoms with van der Waals surface area (Å²) in [6.45, 7) is 2.13. The van der Waals surface area contributed by atoms with Crippen molar-refractivity contribution in [3.63, 3.8) is 0 Å². The van der Waals surface area contributed by atoms with Gasteiger partial charge in [0.1, 0.15) is 6.29 Å². The van der Waals surface area contributed by atoms with E-state index >= 15 is 0 Å². The Bertz CT molecular complexity index is 157. The number of aldehydes is 1. The molecule has 0 N–H and O–H groups in total. The molecule has 0 atom stereocenters. The first-order valence-electron chi connectivity index (χ1n) is 5.17. The van der Waals surface area contributed by atoms with Crippen LogP contribution in [-0.4, -0.2) is 6.29 Å². The Labute approximate surface area is 81.5 Å². The van der Waals surface area contributed by atoms with Gasteiger partial charge >= 0.3 is 0 Å². The number of carbonyl (C=O) groups excluding carboxylic acids is 1. The zero-order valence-electron chi connectivity index (χ0n) is 8.54. The molecule has 1 heteroatoms. The molecule has 0 aliphatic rings. The van der Waals surface area contributed by atoms with Crippen LogP contribution in [0.5, 0.6) is 0 Å². The molecule has 74 valence electrons. The van der Waals surface area contributed by atoms with Crippen molar-refractivity contribution in [1.29, 1.82) is 0 Å². The van der Waals surface area contributed by atoms with Crippen LogP contribution in [0.2, 0.25) is 0 Å². The van der Waals surface area contributed by atoms with Crippen molar-refractivity contribution >= 4 is 6.29 Å². The van der Waals surface area contributed by atoms with Crippen molar-refractivity contribution in [2.24, 2.45) is 0 Å². The van der Waals surface area contributed by atoms with Crippen LogP contribution < -0.4 is 0 Å². The molecule has 0 aromatic rings. The lowest BCUT2D eigenvalue weighted by Crippen LogP contribution is -1.77. The molecule has 0 aromatic carbocycles. The molecule has 0 saturated carbocycles. The van der Waals surface area contributed by atoms with Crippen molar-refractivity contribution in [1.82, 2.24) is 0 Å². The van der Waals surface area contributed by atoms with Gasteiger partial charge in [0.25, 0.3) is 0 Å². The summed E-state index contributed by atoms with van der Waals surface area (Å²) in [7, 11) is 0. The molecule has 0 heterocycles. The predicted octanol–water partition coefficient (Wildman–Crippen LogP) is 3.66. The molecule has 13 heavy (non-hydrogen) atoms. The molecule has 1 nitrogen and oxygen atoms in total. The maximum Gasteiger partial charge on any atom is 0.119 e. The molecule has 0 saturated heterocycles. The van der Waals surface area contributed by atoms with Gasteiger partial charge in [0.15, 0.2) is 0 Å². The van der Waals surface area contributed by atoms with E-state index in [0.29, 0.717) is 0 Å². The molecule has 0 fully saturated rings. The van der Waals surface area contributed by atoms with E-state index in [1.807, 2.05) is 0 Å². The van der Waals surface area contributed by atoms with E-state index in [1.54, 1.807) is 0 Å². The van der Waals surface area contributed by atoms with Gasteiger partial charge in [-0.3, -0.25) is 0 Å². The minimum atomic E-state index is 0.722. The fourth-order valence-corrected chi connectivity index (χ4v) is 1.06. The van der Waals surface area contributed by atoms with Crippen LogP contribution in [0.1, 0.15) is 45.4 Å². The second-order valence-electron chi connectivity index (χ2n) is 3.07. The Hall–Kier alpha value is -0.850. The third-order valence-electron chi connectivity index (χ3n) is 1.81. The highest BCUT2D eigenvalue weighted by molar-refractivity contribution is 5.48. The quantitative estimate of drug-likeness (QED) is 0.316. The van der Waals surface area contributed by atoms with Crippen molar-refractivity contribution in [3.05, 3.63) is 24.3 Å². The molecular formula is C12H20O. The Balaban J connectivity index is 3.10. The summed E-state index contributed by atoms with van der Waals surface area (Å²) in [6.07, 6.45) is 15.9. The van der Waals surface area contributed by atoms with Gasteiger partial charge in [-0.15, -0.1) is 0 Å². The largest absolute Gasteiger partial charge is 0.303 e. The molecule has 0 spiro atoms. The highest BCUT2D eigenvalue weighted by Crippen LogP contribution is 2.02. The maximum atomic E-state index is 9.99. The number of allylic oxidation sites excluding steroid dienone is 4. The van der Waals surface area contributed by atoms with E-state index in [0.717, 1.165) is 32.0 Å². The van der Waals surface area contributed by atoms with E-state index in [2.05, 4.69) is 31.2 Å². The summed E-state index contributed by atoms with van der Waals surface area (Å²) in [4.78, 5) is 9.99. The van der Waals surface area contributed by atoms with Gasteiger partial charge in [0.05, 0.1) is 0 Å². The predicted molar refractivity (Wildman–Crippen MR) is 57.7 cm³/mol. The smallest absolute Gasteiger partial charge is 0.119 e. The van der Waals surface area contributed by atoms with E-state index in [1.165, 1.54) is 12.8 Å². The van der Waals surface area contributed by atoms with Crippen LogP contribution in [0.15, 0.2) is 24.3 Å². The van der Waals surface area contributed by atoms with E-state index in [4.69, 9.17) is 0 Å². The summed E-state index contributed by atoms with van der Waals surface area (Å²) >= 11 is 0. The molecule has 0 unspecified atom stereocenters. The lowest BCUT2D eigenvalue weighted by Gasteiger charge is -1.92. The lowest BCUT2D eigenvalue weighted by molar-refractivity contribution is -0.107. The molecule has 0 amide bonds. The van der Waals surface area contributed by atoms with Crippen LogP contribution in [0.3, 0.4) is 0 Å². The minimum absolute atomic E-state index is 0.722. The molecule has 0 aliphatic heterocycles. The second kappa shape index (κ2) is 11.2. The van der Waals surface area contributed by atoms with Gasteiger partial charge in [0.2, 0.25) is 0 Å². The number of carbonyl (C=O) groups is 1. The van der Waals surface area contributed by atoms with Gasteiger partial charge in [-0.05, 0) is 25.7 Å². The Morgan fingerprint density at radius 1 is 0.923 bits per heavy atom. The van der Waals surface area contributed by atoms with Gasteiger partial charge in [-0.1, -0.05) is 37.6 Å². The van der Waals surface area contributed by atoms with Crippen LogP contribution in [0.25, 0.3) is 0 Å². The monoisotopic (exact) mass is 180 g/mol. The van der Waals surface area contributed by atoms with E-state index in [9.17, 15) is 4.79 Å². The Morgan fingerprint density at radius 3 is 2.31 bits per heavy atom. The van der Waals surface area contributed by atoms with Gasteiger partial charge in [-0.25, -0.2) is 0 Å². The normalized spacial score (nSPS) is 11.5. The van der Waals surface area contributed by atoms with Crippen molar-refractivity contribution < 1.29 is 4.79 Å². The highest BCUT2D eigenvalue weighted by atomic mass is 16.1. The molecular weight excluding hydrogens is 160 g/mol. The standard InChI is InChI=1S/C12H20O/c1-2-3-4-5-6-7-8-9-10-11-12-13/h3-6,12H,2,7-11H2,1H3/b4-3-,6-5+. The average molecular weight is 180 g/mol. The SMILES string of the molecule is CC/C=C\C=C\CCCCCC=O. The fraction of sp³-hybridized carbons (Fsp3) is 0.583. The van der Waals surface area contributed by atoms with Gasteiger partial charge in [-0.2, -0.15) is 0 Å². The topological polar surface area (TPSA) is 17.1 Å². The van der Waals surface area contributed by atoms with Gasteiger partial charge < -0.3 is 4.79 Å². The van der Waals surface area contributed by atoms with Crippen molar-refractivity contribution in [3.8, 4) is 0 Å². The number of hydrogen-bond acceptors (Lipinski definition) is 1. The zero-order valence-corrected chi connectivity index (χ0v) is 8.54. The summed E-state index contributed by atoms with van der Waals surface area (Å²) < 4.78 is 0. The number of hydrogen-bond donors (Lipinski definition) is 0. The summed E-state index contributed by atoms with van der Waals surface area (Å²) in [5.74, 6) is 0. The van der Waals surface area contributed by atoms with Crippen molar-refractivity contribution in [2.75, 3.05) is 0 Å². The zero-order chi connectivity index (χ0) is 9.78. The highest BCUT2D eigenvalue weighted by Gasteiger charge is 1.85. The molecule has 0 bridgehead atoms. The second-order valence-corrected chi connectivity index (χ2v) is 3.07. The maximum absolute atomic E-state index is 9.99. The average Bonchev–Trinajstić information content (AvgIpc) is 2.16. The van der Waals surface area contributed by atoms with Crippen LogP contribution in [0, 0.1) is 0 Å². The first-order chi connectivity index (χ1) is 6.41. The molecule has 0 radical (unpaired) electrons. The fourth-order valence-electron chi connectivity index (χ4n) is 1.06. The summed E-state index contributed by atoms with van der Waals surface area (Å²) in [6, 6.07) is 0. The lowest BCUT2D eigenvalue weighted by atomic mass is 10.1. The van der Waals surface area contributed by atoms with E-state index < -0.39 is 0 Å². The number of rotatable bonds is 8. The van der Waals surface area contributed by atoms with Crippen LogP contribution >= 0.6 is 0 Å². The number of unbranched alkanes of at least 4 members (excludes halogenated alkanes) is 4. The Kier molecular flexibility index (Phi) is 10.4. The van der Waals surface area contributed by atoms with Gasteiger partial charge in [0, 0.05) is 6.42 Å².